The Morgan fingerprint density at radius 3 is 2.84 bits per heavy atom. The van der Waals surface area contributed by atoms with Gasteiger partial charge in [0, 0.05) is 19.5 Å². The molecule has 0 aliphatic rings. The van der Waals surface area contributed by atoms with Gasteiger partial charge in [0.2, 0.25) is 0 Å². The van der Waals surface area contributed by atoms with E-state index in [1.807, 2.05) is 0 Å². The molecule has 106 valence electrons. The monoisotopic (exact) mass is 265 g/mol. The fourth-order valence-corrected chi connectivity index (χ4v) is 1.62. The van der Waals surface area contributed by atoms with Crippen molar-refractivity contribution in [1.29, 1.82) is 0 Å². The first kappa shape index (κ1) is 15.7. The fourth-order valence-electron chi connectivity index (χ4n) is 1.62. The van der Waals surface area contributed by atoms with E-state index >= 15 is 0 Å². The predicted octanol–water partition coefficient (Wildman–Crippen LogP) is 2.05. The Kier molecular flexibility index (Phi) is 7.86. The number of carbonyl (C=O) groups excluding carboxylic acids is 1. The second-order valence-electron chi connectivity index (χ2n) is 4.35. The summed E-state index contributed by atoms with van der Waals surface area (Å²) in [7, 11) is 0. The Morgan fingerprint density at radius 2 is 2.11 bits per heavy atom. The van der Waals surface area contributed by atoms with Crippen molar-refractivity contribution in [2.45, 2.75) is 26.8 Å². The van der Waals surface area contributed by atoms with E-state index < -0.39 is 0 Å². The molecule has 0 unspecified atom stereocenters. The number of esters is 1. The smallest absolute Gasteiger partial charge is 0.305 e. The molecule has 4 heteroatoms. The van der Waals surface area contributed by atoms with E-state index in [0.717, 1.165) is 13.1 Å². The van der Waals surface area contributed by atoms with Crippen molar-refractivity contribution < 1.29 is 14.3 Å². The normalized spacial score (nSPS) is 10.4. The zero-order valence-corrected chi connectivity index (χ0v) is 11.8. The first-order valence-electron chi connectivity index (χ1n) is 6.72. The van der Waals surface area contributed by atoms with Crippen LogP contribution < -0.4 is 5.32 Å². The Bertz CT molecular complexity index is 379. The highest BCUT2D eigenvalue weighted by atomic mass is 16.6. The van der Waals surface area contributed by atoms with Crippen LogP contribution in [0.5, 0.6) is 0 Å². The SMILES string of the molecule is CCC(=O)OCCOCCNCc1cccc(C)c1. The summed E-state index contributed by atoms with van der Waals surface area (Å²) in [6, 6.07) is 8.41. The van der Waals surface area contributed by atoms with Gasteiger partial charge in [0.25, 0.3) is 0 Å². The number of benzene rings is 1. The molecule has 0 aromatic heterocycles. The van der Waals surface area contributed by atoms with E-state index in [-0.39, 0.29) is 5.97 Å². The van der Waals surface area contributed by atoms with Crippen molar-refractivity contribution in [2.24, 2.45) is 0 Å². The summed E-state index contributed by atoms with van der Waals surface area (Å²) in [5.74, 6) is -0.179. The minimum atomic E-state index is -0.179. The number of aryl methyl sites for hydroxylation is 1. The maximum atomic E-state index is 10.8. The van der Waals surface area contributed by atoms with Crippen LogP contribution in [0.25, 0.3) is 0 Å². The van der Waals surface area contributed by atoms with Gasteiger partial charge in [-0.2, -0.15) is 0 Å². The molecule has 1 aromatic rings. The summed E-state index contributed by atoms with van der Waals surface area (Å²) >= 11 is 0. The van der Waals surface area contributed by atoms with Gasteiger partial charge in [-0.15, -0.1) is 0 Å². The lowest BCUT2D eigenvalue weighted by atomic mass is 10.1. The van der Waals surface area contributed by atoms with Gasteiger partial charge < -0.3 is 14.8 Å². The maximum Gasteiger partial charge on any atom is 0.305 e. The lowest BCUT2D eigenvalue weighted by Crippen LogP contribution is -2.20. The Labute approximate surface area is 115 Å². The van der Waals surface area contributed by atoms with E-state index in [0.29, 0.717) is 26.2 Å². The molecular weight excluding hydrogens is 242 g/mol. The number of carbonyl (C=O) groups is 1. The van der Waals surface area contributed by atoms with Crippen LogP contribution in [-0.4, -0.2) is 32.3 Å². The van der Waals surface area contributed by atoms with E-state index in [1.54, 1.807) is 6.92 Å². The first-order valence-corrected chi connectivity index (χ1v) is 6.72. The molecule has 0 fully saturated rings. The number of hydrogen-bond donors (Lipinski definition) is 1. The summed E-state index contributed by atoms with van der Waals surface area (Å²) in [5, 5.41) is 3.31. The van der Waals surface area contributed by atoms with Crippen LogP contribution >= 0.6 is 0 Å². The predicted molar refractivity (Wildman–Crippen MR) is 75.0 cm³/mol. The highest BCUT2D eigenvalue weighted by Gasteiger charge is 1.97. The Balaban J connectivity index is 1.95. The average Bonchev–Trinajstić information content (AvgIpc) is 2.41. The van der Waals surface area contributed by atoms with Crippen molar-refractivity contribution in [3.63, 3.8) is 0 Å². The molecule has 0 heterocycles. The number of nitrogens with one attached hydrogen (secondary N) is 1. The number of ether oxygens (including phenoxy) is 2. The third-order valence-electron chi connectivity index (χ3n) is 2.61. The van der Waals surface area contributed by atoms with Gasteiger partial charge in [-0.1, -0.05) is 36.8 Å². The molecule has 1 N–H and O–H groups in total. The second-order valence-corrected chi connectivity index (χ2v) is 4.35. The summed E-state index contributed by atoms with van der Waals surface area (Å²) in [4.78, 5) is 10.8. The number of rotatable bonds is 9. The molecular formula is C15H23NO3. The third kappa shape index (κ3) is 7.59. The summed E-state index contributed by atoms with van der Waals surface area (Å²) in [6.45, 7) is 6.91. The van der Waals surface area contributed by atoms with Crippen LogP contribution in [0.3, 0.4) is 0 Å². The molecule has 0 saturated carbocycles. The molecule has 1 aromatic carbocycles. The van der Waals surface area contributed by atoms with Crippen LogP contribution in [-0.2, 0) is 20.8 Å². The molecule has 1 rings (SSSR count). The largest absolute Gasteiger partial charge is 0.463 e. The molecule has 0 radical (unpaired) electrons. The van der Waals surface area contributed by atoms with Crippen molar-refractivity contribution in [2.75, 3.05) is 26.4 Å². The van der Waals surface area contributed by atoms with Gasteiger partial charge >= 0.3 is 5.97 Å². The van der Waals surface area contributed by atoms with Crippen LogP contribution in [0.2, 0.25) is 0 Å². The minimum absolute atomic E-state index is 0.179. The van der Waals surface area contributed by atoms with Gasteiger partial charge in [0.1, 0.15) is 6.61 Å². The van der Waals surface area contributed by atoms with E-state index in [1.165, 1.54) is 11.1 Å². The van der Waals surface area contributed by atoms with E-state index in [9.17, 15) is 4.79 Å². The quantitative estimate of drug-likeness (QED) is 0.548. The van der Waals surface area contributed by atoms with Gasteiger partial charge in [-0.25, -0.2) is 0 Å². The zero-order chi connectivity index (χ0) is 13.9. The molecule has 19 heavy (non-hydrogen) atoms. The molecule has 0 aliphatic heterocycles. The Hall–Kier alpha value is -1.39. The third-order valence-corrected chi connectivity index (χ3v) is 2.61. The van der Waals surface area contributed by atoms with Crippen LogP contribution in [0.15, 0.2) is 24.3 Å². The van der Waals surface area contributed by atoms with Gasteiger partial charge in [0.15, 0.2) is 0 Å². The molecule has 0 bridgehead atoms. The average molecular weight is 265 g/mol. The van der Waals surface area contributed by atoms with Gasteiger partial charge in [0.05, 0.1) is 13.2 Å². The highest BCUT2D eigenvalue weighted by Crippen LogP contribution is 2.02. The first-order chi connectivity index (χ1) is 9.22. The van der Waals surface area contributed by atoms with Crippen LogP contribution in [0, 0.1) is 6.92 Å². The fraction of sp³-hybridized carbons (Fsp3) is 0.533. The molecule has 0 aliphatic carbocycles. The summed E-state index contributed by atoms with van der Waals surface area (Å²) in [5.41, 5.74) is 2.55. The van der Waals surface area contributed by atoms with Crippen molar-refractivity contribution >= 4 is 5.97 Å². The van der Waals surface area contributed by atoms with Crippen LogP contribution in [0.4, 0.5) is 0 Å². The lowest BCUT2D eigenvalue weighted by molar-refractivity contribution is -0.144. The van der Waals surface area contributed by atoms with E-state index in [2.05, 4.69) is 36.5 Å². The van der Waals surface area contributed by atoms with Crippen molar-refractivity contribution in [3.05, 3.63) is 35.4 Å². The van der Waals surface area contributed by atoms with E-state index in [4.69, 9.17) is 9.47 Å². The standard InChI is InChI=1S/C15H23NO3/c1-3-15(17)19-10-9-18-8-7-16-12-14-6-4-5-13(2)11-14/h4-6,11,16H,3,7-10,12H2,1-2H3. The summed E-state index contributed by atoms with van der Waals surface area (Å²) < 4.78 is 10.2. The van der Waals surface area contributed by atoms with Crippen molar-refractivity contribution in [3.8, 4) is 0 Å². The Morgan fingerprint density at radius 1 is 1.26 bits per heavy atom. The highest BCUT2D eigenvalue weighted by molar-refractivity contribution is 5.68. The van der Waals surface area contributed by atoms with Crippen LogP contribution in [0.1, 0.15) is 24.5 Å². The molecule has 0 spiro atoms. The maximum absolute atomic E-state index is 10.8. The number of hydrogen-bond acceptors (Lipinski definition) is 4. The molecule has 0 atom stereocenters. The lowest BCUT2D eigenvalue weighted by Gasteiger charge is -2.07. The minimum Gasteiger partial charge on any atom is -0.463 e. The zero-order valence-electron chi connectivity index (χ0n) is 11.8. The topological polar surface area (TPSA) is 47.6 Å². The molecule has 0 amide bonds. The molecule has 4 nitrogen and oxygen atoms in total. The second kappa shape index (κ2) is 9.53. The van der Waals surface area contributed by atoms with Gasteiger partial charge in [-0.3, -0.25) is 4.79 Å². The molecule has 0 saturated heterocycles. The van der Waals surface area contributed by atoms with Crippen molar-refractivity contribution in [1.82, 2.24) is 5.32 Å². The summed E-state index contributed by atoms with van der Waals surface area (Å²) in [6.07, 6.45) is 0.415. The van der Waals surface area contributed by atoms with Gasteiger partial charge in [-0.05, 0) is 12.5 Å².